The second-order valence-electron chi connectivity index (χ2n) is 6.99. The zero-order valence-electron chi connectivity index (χ0n) is 16.3. The summed E-state index contributed by atoms with van der Waals surface area (Å²) >= 11 is 0. The average molecular weight is 363 g/mol. The first kappa shape index (κ1) is 20.3. The number of rotatable bonds is 9. The standard InChI is InChI=1S/C20H34N4O2/c1-3-17(2)23-20(22-13-11-18-9-7-16-26-18)21-12-8-15-24-14-6-4-5-10-19(24)25/h7,9,16-17H,3-6,8,10-15H2,1-2H3,(H2,21,22,23). The zero-order chi connectivity index (χ0) is 18.6. The molecule has 1 atom stereocenters. The third-order valence-corrected chi connectivity index (χ3v) is 4.77. The molecule has 0 bridgehead atoms. The van der Waals surface area contributed by atoms with E-state index in [9.17, 15) is 4.79 Å². The monoisotopic (exact) mass is 362 g/mol. The van der Waals surface area contributed by atoms with Crippen molar-refractivity contribution in [2.45, 2.75) is 64.8 Å². The van der Waals surface area contributed by atoms with Gasteiger partial charge in [-0.15, -0.1) is 0 Å². The van der Waals surface area contributed by atoms with Crippen LogP contribution in [0.15, 0.2) is 27.8 Å². The third kappa shape index (κ3) is 7.50. The minimum atomic E-state index is 0.306. The smallest absolute Gasteiger partial charge is 0.222 e. The molecule has 2 heterocycles. The average Bonchev–Trinajstić information content (AvgIpc) is 3.07. The second kappa shape index (κ2) is 11.6. The van der Waals surface area contributed by atoms with Crippen LogP contribution in [0, 0.1) is 0 Å². The minimum absolute atomic E-state index is 0.306. The van der Waals surface area contributed by atoms with E-state index < -0.39 is 0 Å². The number of likely N-dealkylation sites (tertiary alicyclic amines) is 1. The first-order valence-corrected chi connectivity index (χ1v) is 10.0. The summed E-state index contributed by atoms with van der Waals surface area (Å²) in [4.78, 5) is 18.7. The van der Waals surface area contributed by atoms with Crippen molar-refractivity contribution in [1.29, 1.82) is 0 Å². The summed E-state index contributed by atoms with van der Waals surface area (Å²) in [5, 5.41) is 6.81. The van der Waals surface area contributed by atoms with Crippen LogP contribution in [-0.4, -0.2) is 49.0 Å². The van der Waals surface area contributed by atoms with E-state index in [1.165, 1.54) is 6.42 Å². The molecule has 2 N–H and O–H groups in total. The van der Waals surface area contributed by atoms with Gasteiger partial charge in [0.25, 0.3) is 0 Å². The van der Waals surface area contributed by atoms with Crippen LogP contribution in [0.1, 0.15) is 58.1 Å². The first-order chi connectivity index (χ1) is 12.7. The van der Waals surface area contributed by atoms with E-state index in [0.717, 1.165) is 70.0 Å². The molecule has 1 amide bonds. The van der Waals surface area contributed by atoms with Crippen molar-refractivity contribution in [3.8, 4) is 0 Å². The fraction of sp³-hybridized carbons (Fsp3) is 0.700. The van der Waals surface area contributed by atoms with Crippen LogP contribution in [0.25, 0.3) is 0 Å². The number of nitrogens with one attached hydrogen (secondary N) is 2. The number of guanidine groups is 1. The molecule has 1 aliphatic rings. The van der Waals surface area contributed by atoms with Crippen molar-refractivity contribution in [3.05, 3.63) is 24.2 Å². The van der Waals surface area contributed by atoms with E-state index in [2.05, 4.69) is 29.5 Å². The number of carbonyl (C=O) groups is 1. The minimum Gasteiger partial charge on any atom is -0.469 e. The lowest BCUT2D eigenvalue weighted by molar-refractivity contribution is -0.130. The topological polar surface area (TPSA) is 69.9 Å². The van der Waals surface area contributed by atoms with E-state index in [1.54, 1.807) is 6.26 Å². The fourth-order valence-electron chi connectivity index (χ4n) is 2.97. The number of amides is 1. The summed E-state index contributed by atoms with van der Waals surface area (Å²) in [5.74, 6) is 2.12. The highest BCUT2D eigenvalue weighted by atomic mass is 16.3. The van der Waals surface area contributed by atoms with Crippen LogP contribution in [-0.2, 0) is 11.2 Å². The molecule has 6 nitrogen and oxygen atoms in total. The van der Waals surface area contributed by atoms with Crippen molar-refractivity contribution in [1.82, 2.24) is 15.5 Å². The van der Waals surface area contributed by atoms with E-state index in [0.29, 0.717) is 18.4 Å². The molecule has 26 heavy (non-hydrogen) atoms. The summed E-state index contributed by atoms with van der Waals surface area (Å²) in [6, 6.07) is 4.27. The van der Waals surface area contributed by atoms with Gasteiger partial charge in [0.1, 0.15) is 5.76 Å². The van der Waals surface area contributed by atoms with E-state index in [-0.39, 0.29) is 0 Å². The summed E-state index contributed by atoms with van der Waals surface area (Å²) in [5.41, 5.74) is 0. The Bertz CT molecular complexity index is 542. The molecular formula is C20H34N4O2. The van der Waals surface area contributed by atoms with Crippen LogP contribution in [0.5, 0.6) is 0 Å². The fourth-order valence-corrected chi connectivity index (χ4v) is 2.97. The van der Waals surface area contributed by atoms with Crippen LogP contribution in [0.3, 0.4) is 0 Å². The summed E-state index contributed by atoms with van der Waals surface area (Å²) in [6.45, 7) is 7.52. The molecular weight excluding hydrogens is 328 g/mol. The summed E-state index contributed by atoms with van der Waals surface area (Å²) < 4.78 is 5.37. The lowest BCUT2D eigenvalue weighted by atomic mass is 10.2. The van der Waals surface area contributed by atoms with E-state index in [4.69, 9.17) is 4.42 Å². The molecule has 0 aromatic carbocycles. The number of carbonyl (C=O) groups excluding carboxylic acids is 1. The van der Waals surface area contributed by atoms with Crippen molar-refractivity contribution < 1.29 is 9.21 Å². The molecule has 1 aliphatic heterocycles. The number of furan rings is 1. The van der Waals surface area contributed by atoms with Crippen LogP contribution < -0.4 is 10.6 Å². The lowest BCUT2D eigenvalue weighted by Gasteiger charge is -2.20. The van der Waals surface area contributed by atoms with Crippen LogP contribution in [0.2, 0.25) is 0 Å². The predicted molar refractivity (Wildman–Crippen MR) is 105 cm³/mol. The Morgan fingerprint density at radius 3 is 3.04 bits per heavy atom. The Kier molecular flexibility index (Phi) is 9.07. The van der Waals surface area contributed by atoms with Crippen molar-refractivity contribution in [2.75, 3.05) is 26.2 Å². The Labute approximate surface area is 157 Å². The van der Waals surface area contributed by atoms with Gasteiger partial charge in [-0.05, 0) is 44.7 Å². The number of hydrogen-bond acceptors (Lipinski definition) is 3. The summed E-state index contributed by atoms with van der Waals surface area (Å²) in [7, 11) is 0. The van der Waals surface area contributed by atoms with Gasteiger partial charge in [-0.3, -0.25) is 9.79 Å². The normalized spacial score (nSPS) is 17.1. The van der Waals surface area contributed by atoms with Crippen molar-refractivity contribution >= 4 is 11.9 Å². The Morgan fingerprint density at radius 1 is 1.38 bits per heavy atom. The lowest BCUT2D eigenvalue weighted by Crippen LogP contribution is -2.43. The van der Waals surface area contributed by atoms with Gasteiger partial charge < -0.3 is 20.0 Å². The molecule has 0 aliphatic carbocycles. The maximum absolute atomic E-state index is 12.0. The molecule has 1 fully saturated rings. The number of hydrogen-bond donors (Lipinski definition) is 2. The Morgan fingerprint density at radius 2 is 2.27 bits per heavy atom. The van der Waals surface area contributed by atoms with Crippen molar-refractivity contribution in [2.24, 2.45) is 4.99 Å². The van der Waals surface area contributed by atoms with Gasteiger partial charge in [0.15, 0.2) is 5.96 Å². The quantitative estimate of drug-likeness (QED) is 0.403. The first-order valence-electron chi connectivity index (χ1n) is 10.0. The molecule has 146 valence electrons. The van der Waals surface area contributed by atoms with Gasteiger partial charge in [0.2, 0.25) is 5.91 Å². The molecule has 0 radical (unpaired) electrons. The molecule has 6 heteroatoms. The van der Waals surface area contributed by atoms with E-state index in [1.807, 2.05) is 17.0 Å². The molecule has 2 rings (SSSR count). The van der Waals surface area contributed by atoms with Gasteiger partial charge in [0, 0.05) is 45.1 Å². The van der Waals surface area contributed by atoms with Gasteiger partial charge >= 0.3 is 0 Å². The Balaban J connectivity index is 1.76. The highest BCUT2D eigenvalue weighted by molar-refractivity contribution is 5.80. The molecule has 0 saturated carbocycles. The predicted octanol–water partition coefficient (Wildman–Crippen LogP) is 2.95. The SMILES string of the molecule is CCC(C)NC(=NCCCN1CCCCCC1=O)NCCc1ccco1. The highest BCUT2D eigenvalue weighted by Crippen LogP contribution is 2.11. The maximum Gasteiger partial charge on any atom is 0.222 e. The van der Waals surface area contributed by atoms with Crippen LogP contribution >= 0.6 is 0 Å². The van der Waals surface area contributed by atoms with Crippen molar-refractivity contribution in [3.63, 3.8) is 0 Å². The second-order valence-corrected chi connectivity index (χ2v) is 6.99. The molecule has 1 saturated heterocycles. The third-order valence-electron chi connectivity index (χ3n) is 4.77. The molecule has 1 aromatic rings. The largest absolute Gasteiger partial charge is 0.469 e. The number of nitrogens with zero attached hydrogens (tertiary/aromatic N) is 2. The molecule has 1 aromatic heterocycles. The van der Waals surface area contributed by atoms with Gasteiger partial charge in [-0.25, -0.2) is 0 Å². The molecule has 1 unspecified atom stereocenters. The Hall–Kier alpha value is -1.98. The van der Waals surface area contributed by atoms with Gasteiger partial charge in [0.05, 0.1) is 6.26 Å². The summed E-state index contributed by atoms with van der Waals surface area (Å²) in [6.07, 6.45) is 8.52. The van der Waals surface area contributed by atoms with E-state index >= 15 is 0 Å². The van der Waals surface area contributed by atoms with Crippen LogP contribution in [0.4, 0.5) is 0 Å². The van der Waals surface area contributed by atoms with Gasteiger partial charge in [-0.1, -0.05) is 13.3 Å². The highest BCUT2D eigenvalue weighted by Gasteiger charge is 2.15. The number of aliphatic imine (C=N–C) groups is 1. The molecule has 0 spiro atoms. The zero-order valence-corrected chi connectivity index (χ0v) is 16.3. The van der Waals surface area contributed by atoms with Gasteiger partial charge in [-0.2, -0.15) is 0 Å². The maximum atomic E-state index is 12.0.